The Hall–Kier alpha value is -2.33. The Morgan fingerprint density at radius 2 is 1.65 bits per heavy atom. The Morgan fingerprint density at radius 1 is 1.00 bits per heavy atom. The monoisotopic (exact) mass is 517 g/mol. The highest BCUT2D eigenvalue weighted by molar-refractivity contribution is 5.93. The van der Waals surface area contributed by atoms with E-state index in [1.54, 1.807) is 0 Å². The maximum Gasteiger partial charge on any atom is 0.321 e. The average molecular weight is 518 g/mol. The minimum Gasteiger partial charge on any atom is -0.390 e. The molecule has 9 heteroatoms. The van der Waals surface area contributed by atoms with Crippen molar-refractivity contribution in [3.63, 3.8) is 0 Å². The Balaban J connectivity index is 1.46. The van der Waals surface area contributed by atoms with Crippen LogP contribution in [0.2, 0.25) is 0 Å². The summed E-state index contributed by atoms with van der Waals surface area (Å²) in [6.45, 7) is 0.246. The van der Waals surface area contributed by atoms with Gasteiger partial charge in [-0.2, -0.15) is 0 Å². The molecule has 3 atom stereocenters. The van der Waals surface area contributed by atoms with Crippen molar-refractivity contribution in [1.29, 1.82) is 0 Å². The molecule has 2 aromatic carbocycles. The number of carbonyl (C=O) groups excluding carboxylic acids is 1. The number of carbonyl (C=O) groups is 1. The van der Waals surface area contributed by atoms with Crippen LogP contribution in [0, 0.1) is 5.41 Å². The van der Waals surface area contributed by atoms with E-state index >= 15 is 0 Å². The molecule has 4 rings (SSSR count). The number of aliphatic hydroxyl groups excluding tert-OH is 1. The van der Waals surface area contributed by atoms with Crippen LogP contribution in [0.4, 0.5) is 19.3 Å². The number of fused-ring (bicyclic) bond motifs is 1. The smallest absolute Gasteiger partial charge is 0.321 e. The van der Waals surface area contributed by atoms with Gasteiger partial charge in [0.05, 0.1) is 12.7 Å². The van der Waals surface area contributed by atoms with Gasteiger partial charge in [0.2, 0.25) is 0 Å². The van der Waals surface area contributed by atoms with Gasteiger partial charge in [0.25, 0.3) is 5.92 Å². The number of hydrogen-bond acceptors (Lipinski definition) is 5. The number of hydrogen-bond donors (Lipinski definition) is 6. The Morgan fingerprint density at radius 3 is 2.32 bits per heavy atom. The van der Waals surface area contributed by atoms with E-state index in [4.69, 9.17) is 5.11 Å². The maximum absolute atomic E-state index is 14.0. The predicted octanol–water partition coefficient (Wildman–Crippen LogP) is 4.88. The van der Waals surface area contributed by atoms with E-state index in [1.807, 2.05) is 42.5 Å². The van der Waals surface area contributed by atoms with Crippen LogP contribution in [-0.4, -0.2) is 48.7 Å². The van der Waals surface area contributed by atoms with Gasteiger partial charge in [0.1, 0.15) is 12.9 Å². The largest absolute Gasteiger partial charge is 0.390 e. The second kappa shape index (κ2) is 12.5. The SMILES string of the molecule is CC1NC(NC(=O)Nc2ccc3ccccc3c2)NC(NCC(F)(F)CO)C12CCCCCCCCC2. The van der Waals surface area contributed by atoms with Crippen molar-refractivity contribution >= 4 is 22.5 Å². The topological polar surface area (TPSA) is 97.5 Å². The van der Waals surface area contributed by atoms with E-state index in [1.165, 1.54) is 19.3 Å². The lowest BCUT2D eigenvalue weighted by Gasteiger charge is -2.53. The van der Waals surface area contributed by atoms with Crippen molar-refractivity contribution < 1.29 is 18.7 Å². The van der Waals surface area contributed by atoms with Crippen LogP contribution in [0.25, 0.3) is 10.8 Å². The quantitative estimate of drug-likeness (QED) is 0.328. The first-order chi connectivity index (χ1) is 17.8. The molecule has 6 N–H and O–H groups in total. The normalized spacial score (nSPS) is 25.0. The highest BCUT2D eigenvalue weighted by atomic mass is 19.3. The standard InChI is InChI=1S/C28H41F2N5O2/c1-20-27(15-9-5-3-2-4-6-10-16-27)24(31-18-28(29,30)19-36)34-25(32-20)35-26(37)33-23-14-13-21-11-7-8-12-22(21)17-23/h7-8,11-14,17,20,24-25,31-32,34,36H,2-6,9-10,15-16,18-19H2,1H3,(H2,33,35,37). The number of benzene rings is 2. The minimum atomic E-state index is -3.22. The summed E-state index contributed by atoms with van der Waals surface area (Å²) >= 11 is 0. The minimum absolute atomic E-state index is 0.0283. The molecular formula is C28H41F2N5O2. The zero-order chi connectivity index (χ0) is 26.3. The average Bonchev–Trinajstić information content (AvgIpc) is 2.88. The molecule has 2 aliphatic rings. The third-order valence-corrected chi connectivity index (χ3v) is 8.05. The lowest BCUT2D eigenvalue weighted by atomic mass is 9.68. The van der Waals surface area contributed by atoms with Gasteiger partial charge in [-0.1, -0.05) is 75.3 Å². The van der Waals surface area contributed by atoms with Gasteiger partial charge in [-0.3, -0.25) is 16.0 Å². The van der Waals surface area contributed by atoms with Gasteiger partial charge < -0.3 is 15.7 Å². The van der Waals surface area contributed by atoms with Gasteiger partial charge in [-0.15, -0.1) is 0 Å². The van der Waals surface area contributed by atoms with Crippen molar-refractivity contribution in [2.24, 2.45) is 5.41 Å². The molecule has 37 heavy (non-hydrogen) atoms. The third-order valence-electron chi connectivity index (χ3n) is 8.05. The number of anilines is 1. The third kappa shape index (κ3) is 7.16. The fraction of sp³-hybridized carbons (Fsp3) is 0.607. The summed E-state index contributed by atoms with van der Waals surface area (Å²) in [4.78, 5) is 12.9. The Kier molecular flexibility index (Phi) is 9.34. The fourth-order valence-electron chi connectivity index (χ4n) is 5.90. The van der Waals surface area contributed by atoms with Crippen molar-refractivity contribution in [3.8, 4) is 0 Å². The molecule has 7 nitrogen and oxygen atoms in total. The number of nitrogens with one attached hydrogen (secondary N) is 5. The summed E-state index contributed by atoms with van der Waals surface area (Å²) in [6.07, 6.45) is 8.69. The van der Waals surface area contributed by atoms with Gasteiger partial charge in [-0.05, 0) is 42.7 Å². The molecule has 0 bridgehead atoms. The molecule has 3 unspecified atom stereocenters. The Labute approximate surface area is 218 Å². The lowest BCUT2D eigenvalue weighted by molar-refractivity contribution is -0.0626. The summed E-state index contributed by atoms with van der Waals surface area (Å²) in [5.41, 5.74) is 0.372. The van der Waals surface area contributed by atoms with E-state index < -0.39 is 37.6 Å². The molecule has 204 valence electrons. The zero-order valence-corrected chi connectivity index (χ0v) is 21.7. The number of halogens is 2. The first-order valence-corrected chi connectivity index (χ1v) is 13.6. The van der Waals surface area contributed by atoms with Crippen LogP contribution in [0.15, 0.2) is 42.5 Å². The molecule has 1 aliphatic heterocycles. The van der Waals surface area contributed by atoms with Crippen LogP contribution < -0.4 is 26.6 Å². The number of rotatable bonds is 6. The van der Waals surface area contributed by atoms with Gasteiger partial charge in [0.15, 0.2) is 0 Å². The first kappa shape index (κ1) is 27.7. The lowest BCUT2D eigenvalue weighted by Crippen LogP contribution is -2.76. The van der Waals surface area contributed by atoms with Crippen molar-refractivity contribution in [1.82, 2.24) is 21.3 Å². The molecule has 1 saturated carbocycles. The molecule has 2 fully saturated rings. The van der Waals surface area contributed by atoms with Crippen molar-refractivity contribution in [2.45, 2.75) is 89.1 Å². The van der Waals surface area contributed by atoms with Crippen LogP contribution in [0.3, 0.4) is 0 Å². The second-order valence-corrected chi connectivity index (χ2v) is 10.7. The molecule has 2 amide bonds. The summed E-state index contributed by atoms with van der Waals surface area (Å²) in [6, 6.07) is 13.2. The van der Waals surface area contributed by atoms with E-state index in [2.05, 4.69) is 33.5 Å². The fourth-order valence-corrected chi connectivity index (χ4v) is 5.90. The molecule has 1 spiro atoms. The van der Waals surface area contributed by atoms with Crippen LogP contribution >= 0.6 is 0 Å². The molecule has 1 heterocycles. The molecular weight excluding hydrogens is 476 g/mol. The van der Waals surface area contributed by atoms with Gasteiger partial charge >= 0.3 is 6.03 Å². The van der Waals surface area contributed by atoms with Crippen molar-refractivity contribution in [2.75, 3.05) is 18.5 Å². The Bertz CT molecular complexity index is 1030. The van der Waals surface area contributed by atoms with Crippen molar-refractivity contribution in [3.05, 3.63) is 42.5 Å². The number of aliphatic hydroxyl groups is 1. The number of alkyl halides is 2. The zero-order valence-electron chi connectivity index (χ0n) is 21.7. The highest BCUT2D eigenvalue weighted by Gasteiger charge is 2.48. The summed E-state index contributed by atoms with van der Waals surface area (Å²) < 4.78 is 28.1. The van der Waals surface area contributed by atoms with E-state index in [0.717, 1.165) is 49.3 Å². The number of amides is 2. The summed E-state index contributed by atoms with van der Waals surface area (Å²) in [7, 11) is 0. The molecule has 1 aliphatic carbocycles. The first-order valence-electron chi connectivity index (χ1n) is 13.6. The van der Waals surface area contributed by atoms with E-state index in [9.17, 15) is 13.6 Å². The maximum atomic E-state index is 14.0. The van der Waals surface area contributed by atoms with E-state index in [-0.39, 0.29) is 11.5 Å². The summed E-state index contributed by atoms with van der Waals surface area (Å²) in [5, 5.41) is 26.9. The summed E-state index contributed by atoms with van der Waals surface area (Å²) in [5.74, 6) is -3.22. The molecule has 1 saturated heterocycles. The van der Waals surface area contributed by atoms with Crippen LogP contribution in [0.5, 0.6) is 0 Å². The molecule has 2 aromatic rings. The van der Waals surface area contributed by atoms with E-state index in [0.29, 0.717) is 5.69 Å². The molecule has 0 radical (unpaired) electrons. The second-order valence-electron chi connectivity index (χ2n) is 10.7. The predicted molar refractivity (Wildman–Crippen MR) is 143 cm³/mol. The van der Waals surface area contributed by atoms with Crippen LogP contribution in [-0.2, 0) is 0 Å². The number of urea groups is 1. The molecule has 0 aromatic heterocycles. The highest BCUT2D eigenvalue weighted by Crippen LogP contribution is 2.41. The van der Waals surface area contributed by atoms with Crippen LogP contribution in [0.1, 0.15) is 64.7 Å². The van der Waals surface area contributed by atoms with Gasteiger partial charge in [0, 0.05) is 17.1 Å². The van der Waals surface area contributed by atoms with Gasteiger partial charge in [-0.25, -0.2) is 13.6 Å².